The molecule has 0 atom stereocenters. The molecule has 1 heterocycles. The number of nitrogens with two attached hydrogens (primary N) is 2. The van der Waals surface area contributed by atoms with E-state index in [1.165, 1.54) is 24.3 Å². The van der Waals surface area contributed by atoms with Gasteiger partial charge in [-0.15, -0.1) is 0 Å². The van der Waals surface area contributed by atoms with Crippen molar-refractivity contribution in [2.45, 2.75) is 45.2 Å². The largest absolute Gasteiger partial charge is 0.383 e. The first-order valence-electron chi connectivity index (χ1n) is 10.8. The monoisotopic (exact) mass is 453 g/mol. The van der Waals surface area contributed by atoms with Gasteiger partial charge < -0.3 is 16.8 Å². The maximum absolute atomic E-state index is 14.9. The van der Waals surface area contributed by atoms with Crippen LogP contribution in [0.15, 0.2) is 36.4 Å². The van der Waals surface area contributed by atoms with Crippen molar-refractivity contribution in [3.05, 3.63) is 70.3 Å². The van der Waals surface area contributed by atoms with E-state index in [4.69, 9.17) is 11.5 Å². The van der Waals surface area contributed by atoms with Crippen LogP contribution in [-0.2, 0) is 6.54 Å². The van der Waals surface area contributed by atoms with E-state index < -0.39 is 23.4 Å². The first-order chi connectivity index (χ1) is 15.8. The summed E-state index contributed by atoms with van der Waals surface area (Å²) in [5, 5.41) is 7.11. The van der Waals surface area contributed by atoms with Crippen LogP contribution in [0, 0.1) is 18.6 Å². The number of primary amides is 1. The average molecular weight is 453 g/mol. The fourth-order valence-corrected chi connectivity index (χ4v) is 4.27. The summed E-state index contributed by atoms with van der Waals surface area (Å²) >= 11 is 0. The molecule has 7 nitrogen and oxygen atoms in total. The van der Waals surface area contributed by atoms with Gasteiger partial charge in [-0.3, -0.25) is 9.59 Å². The summed E-state index contributed by atoms with van der Waals surface area (Å²) < 4.78 is 30.0. The van der Waals surface area contributed by atoms with Gasteiger partial charge in [0.05, 0.1) is 6.04 Å². The number of carbonyl (C=O) groups is 2. The number of carbonyl (C=O) groups excluding carboxylic acids is 2. The third-order valence-corrected chi connectivity index (χ3v) is 6.07. The summed E-state index contributed by atoms with van der Waals surface area (Å²) in [6.45, 7) is 1.60. The molecule has 2 aromatic carbocycles. The molecule has 1 aliphatic rings. The Balaban J connectivity index is 1.58. The van der Waals surface area contributed by atoms with E-state index >= 15 is 0 Å². The van der Waals surface area contributed by atoms with Crippen LogP contribution in [0.3, 0.4) is 0 Å². The van der Waals surface area contributed by atoms with Crippen LogP contribution in [0.5, 0.6) is 0 Å². The van der Waals surface area contributed by atoms with E-state index in [0.29, 0.717) is 11.1 Å². The van der Waals surface area contributed by atoms with E-state index in [9.17, 15) is 18.4 Å². The van der Waals surface area contributed by atoms with Crippen LogP contribution in [0.1, 0.15) is 63.6 Å². The van der Waals surface area contributed by atoms with Crippen molar-refractivity contribution in [3.8, 4) is 11.3 Å². The molecule has 172 valence electrons. The second kappa shape index (κ2) is 9.01. The number of amides is 2. The lowest BCUT2D eigenvalue weighted by Gasteiger charge is -2.11. The van der Waals surface area contributed by atoms with E-state index in [0.717, 1.165) is 31.7 Å². The molecule has 0 spiro atoms. The molecule has 4 rings (SSSR count). The maximum Gasteiger partial charge on any atom is 0.254 e. The standard InChI is InChI=1S/C24H25F2N5O2/c1-13-6-9-16(25)11-18(13)24(33)29-12-15-8-7-14(10-19(15)26)21-20(23(28)32)22(27)31(30-21)17-4-2-3-5-17/h6-11,17H,2-5,12,27H2,1H3,(H2,28,32)(H,29,33). The summed E-state index contributed by atoms with van der Waals surface area (Å²) in [7, 11) is 0. The molecule has 0 bridgehead atoms. The predicted molar refractivity (Wildman–Crippen MR) is 120 cm³/mol. The van der Waals surface area contributed by atoms with Crippen molar-refractivity contribution in [2.75, 3.05) is 5.73 Å². The number of aromatic nitrogens is 2. The van der Waals surface area contributed by atoms with Crippen molar-refractivity contribution >= 4 is 17.6 Å². The van der Waals surface area contributed by atoms with Gasteiger partial charge in [-0.2, -0.15) is 5.10 Å². The quantitative estimate of drug-likeness (QED) is 0.525. The van der Waals surface area contributed by atoms with Gasteiger partial charge in [0.15, 0.2) is 0 Å². The number of rotatable bonds is 6. The predicted octanol–water partition coefficient (Wildman–Crippen LogP) is 3.86. The summed E-state index contributed by atoms with van der Waals surface area (Å²) in [6, 6.07) is 8.34. The number of nitrogen functional groups attached to an aromatic ring is 1. The summed E-state index contributed by atoms with van der Waals surface area (Å²) in [5.74, 6) is -2.16. The van der Waals surface area contributed by atoms with Gasteiger partial charge in [-0.25, -0.2) is 13.5 Å². The molecule has 0 radical (unpaired) electrons. The second-order valence-corrected chi connectivity index (χ2v) is 8.30. The maximum atomic E-state index is 14.9. The van der Waals surface area contributed by atoms with Crippen molar-refractivity contribution in [1.82, 2.24) is 15.1 Å². The molecule has 5 N–H and O–H groups in total. The number of anilines is 1. The van der Waals surface area contributed by atoms with Gasteiger partial charge in [0.25, 0.3) is 11.8 Å². The zero-order valence-electron chi connectivity index (χ0n) is 18.2. The summed E-state index contributed by atoms with van der Waals surface area (Å²) in [6.07, 6.45) is 3.91. The Morgan fingerprint density at radius 3 is 2.55 bits per heavy atom. The van der Waals surface area contributed by atoms with Gasteiger partial charge in [-0.05, 0) is 43.5 Å². The molecule has 0 aliphatic heterocycles. The normalized spacial score (nSPS) is 13.9. The SMILES string of the molecule is Cc1ccc(F)cc1C(=O)NCc1ccc(-c2nn(C3CCCC3)c(N)c2C(N)=O)cc1F. The van der Waals surface area contributed by atoms with E-state index in [2.05, 4.69) is 10.4 Å². The van der Waals surface area contributed by atoms with Gasteiger partial charge >= 0.3 is 0 Å². The highest BCUT2D eigenvalue weighted by Crippen LogP contribution is 2.35. The molecule has 1 fully saturated rings. The van der Waals surface area contributed by atoms with Crippen molar-refractivity contribution in [1.29, 1.82) is 0 Å². The number of aryl methyl sites for hydroxylation is 1. The van der Waals surface area contributed by atoms with Crippen LogP contribution in [0.2, 0.25) is 0 Å². The minimum absolute atomic E-state index is 0.0731. The number of hydrogen-bond donors (Lipinski definition) is 3. The Hall–Kier alpha value is -3.75. The Bertz CT molecular complexity index is 1230. The van der Waals surface area contributed by atoms with Gasteiger partial charge in [-0.1, -0.05) is 31.0 Å². The first-order valence-corrected chi connectivity index (χ1v) is 10.8. The highest BCUT2D eigenvalue weighted by molar-refractivity contribution is 6.03. The average Bonchev–Trinajstić information content (AvgIpc) is 3.42. The highest BCUT2D eigenvalue weighted by Gasteiger charge is 2.27. The molecule has 33 heavy (non-hydrogen) atoms. The highest BCUT2D eigenvalue weighted by atomic mass is 19.1. The molecule has 1 aromatic heterocycles. The number of nitrogens with zero attached hydrogens (tertiary/aromatic N) is 2. The van der Waals surface area contributed by atoms with Crippen molar-refractivity contribution < 1.29 is 18.4 Å². The molecule has 9 heteroatoms. The molecular weight excluding hydrogens is 428 g/mol. The van der Waals surface area contributed by atoms with Crippen LogP contribution in [0.4, 0.5) is 14.6 Å². The minimum Gasteiger partial charge on any atom is -0.383 e. The molecule has 0 unspecified atom stereocenters. The van der Waals surface area contributed by atoms with Gasteiger partial charge in [0.1, 0.15) is 28.7 Å². The molecule has 1 saturated carbocycles. The van der Waals surface area contributed by atoms with Crippen molar-refractivity contribution in [3.63, 3.8) is 0 Å². The zero-order valence-corrected chi connectivity index (χ0v) is 18.2. The van der Waals surface area contributed by atoms with Crippen molar-refractivity contribution in [2.24, 2.45) is 5.73 Å². The second-order valence-electron chi connectivity index (χ2n) is 8.30. The molecule has 3 aromatic rings. The Morgan fingerprint density at radius 1 is 1.15 bits per heavy atom. The van der Waals surface area contributed by atoms with E-state index in [1.54, 1.807) is 17.7 Å². The third kappa shape index (κ3) is 4.44. The lowest BCUT2D eigenvalue weighted by Crippen LogP contribution is -2.24. The first kappa shape index (κ1) is 22.4. The number of halogens is 2. The van der Waals surface area contributed by atoms with Crippen LogP contribution >= 0.6 is 0 Å². The summed E-state index contributed by atoms with van der Waals surface area (Å²) in [4.78, 5) is 24.5. The van der Waals surface area contributed by atoms with E-state index in [-0.39, 0.29) is 40.8 Å². The molecule has 2 amide bonds. The van der Waals surface area contributed by atoms with E-state index in [1.807, 2.05) is 0 Å². The number of benzene rings is 2. The number of nitrogens with one attached hydrogen (secondary N) is 1. The minimum atomic E-state index is -0.728. The van der Waals surface area contributed by atoms with Crippen LogP contribution in [-0.4, -0.2) is 21.6 Å². The van der Waals surface area contributed by atoms with Crippen LogP contribution in [0.25, 0.3) is 11.3 Å². The lowest BCUT2D eigenvalue weighted by molar-refractivity contribution is 0.0948. The fraction of sp³-hybridized carbons (Fsp3) is 0.292. The Labute approximate surface area is 189 Å². The van der Waals surface area contributed by atoms with Gasteiger partial charge in [0, 0.05) is 23.2 Å². The number of hydrogen-bond acceptors (Lipinski definition) is 4. The summed E-state index contributed by atoms with van der Waals surface area (Å²) in [5.41, 5.74) is 13.4. The fourth-order valence-electron chi connectivity index (χ4n) is 4.27. The topological polar surface area (TPSA) is 116 Å². The molecule has 1 aliphatic carbocycles. The molecule has 0 saturated heterocycles. The Morgan fingerprint density at radius 2 is 1.88 bits per heavy atom. The smallest absolute Gasteiger partial charge is 0.254 e. The third-order valence-electron chi connectivity index (χ3n) is 6.07. The van der Waals surface area contributed by atoms with Gasteiger partial charge in [0.2, 0.25) is 0 Å². The lowest BCUT2D eigenvalue weighted by atomic mass is 10.0. The zero-order chi connectivity index (χ0) is 23.7. The molecular formula is C24H25F2N5O2. The van der Waals surface area contributed by atoms with Crippen LogP contribution < -0.4 is 16.8 Å². The Kier molecular flexibility index (Phi) is 6.13.